The monoisotopic (exact) mass is 360 g/mol. The highest BCUT2D eigenvalue weighted by Crippen LogP contribution is 2.54. The van der Waals surface area contributed by atoms with E-state index in [0.29, 0.717) is 24.7 Å². The van der Waals surface area contributed by atoms with Gasteiger partial charge in [-0.15, -0.1) is 0 Å². The van der Waals surface area contributed by atoms with Crippen LogP contribution >= 0.6 is 0 Å². The molecule has 0 aromatic heterocycles. The van der Waals surface area contributed by atoms with E-state index in [0.717, 1.165) is 38.0 Å². The predicted molar refractivity (Wildman–Crippen MR) is 100 cm³/mol. The molecule has 0 saturated carbocycles. The van der Waals surface area contributed by atoms with Gasteiger partial charge in [0.15, 0.2) is 0 Å². The van der Waals surface area contributed by atoms with E-state index in [1.165, 1.54) is 24.8 Å². The largest absolute Gasteiger partial charge is 0.497 e. The smallest absolute Gasteiger partial charge is 0.118 e. The second kappa shape index (κ2) is 7.87. The molecule has 3 heterocycles. The SMILES string of the molecule is COc1ccc(CO[C@H](C)CCC[C@H]2OCC[C@@]34CC[C@@H](C[C@H]23)O4)cc1. The molecule has 3 saturated heterocycles. The van der Waals surface area contributed by atoms with Gasteiger partial charge in [-0.2, -0.15) is 0 Å². The highest BCUT2D eigenvalue weighted by molar-refractivity contribution is 5.26. The summed E-state index contributed by atoms with van der Waals surface area (Å²) in [6.45, 7) is 3.71. The highest BCUT2D eigenvalue weighted by Gasteiger charge is 2.57. The number of fused-ring (bicyclic) bond motifs is 1. The lowest BCUT2D eigenvalue weighted by molar-refractivity contribution is -0.130. The van der Waals surface area contributed by atoms with Crippen molar-refractivity contribution in [2.75, 3.05) is 13.7 Å². The summed E-state index contributed by atoms with van der Waals surface area (Å²) in [7, 11) is 1.69. The van der Waals surface area contributed by atoms with Crippen LogP contribution in [0.3, 0.4) is 0 Å². The number of ether oxygens (including phenoxy) is 4. The highest BCUT2D eigenvalue weighted by atomic mass is 16.5. The molecule has 4 rings (SSSR count). The Morgan fingerprint density at radius 2 is 2.08 bits per heavy atom. The van der Waals surface area contributed by atoms with Gasteiger partial charge in [-0.1, -0.05) is 12.1 Å². The summed E-state index contributed by atoms with van der Waals surface area (Å²) < 4.78 is 23.7. The fourth-order valence-corrected chi connectivity index (χ4v) is 5.09. The van der Waals surface area contributed by atoms with Gasteiger partial charge in [0, 0.05) is 18.9 Å². The number of hydrogen-bond donors (Lipinski definition) is 0. The second-order valence-corrected chi connectivity index (χ2v) is 8.25. The summed E-state index contributed by atoms with van der Waals surface area (Å²) in [4.78, 5) is 0. The van der Waals surface area contributed by atoms with Crippen molar-refractivity contribution >= 4 is 0 Å². The maximum absolute atomic E-state index is 6.31. The summed E-state index contributed by atoms with van der Waals surface area (Å²) in [6, 6.07) is 8.10. The first-order chi connectivity index (χ1) is 12.7. The molecule has 3 aliphatic rings. The molecule has 3 aliphatic heterocycles. The maximum atomic E-state index is 6.31. The lowest BCUT2D eigenvalue weighted by atomic mass is 9.71. The molecule has 4 nitrogen and oxygen atoms in total. The van der Waals surface area contributed by atoms with Crippen LogP contribution in [0.5, 0.6) is 5.75 Å². The Kier molecular flexibility index (Phi) is 5.53. The zero-order chi connectivity index (χ0) is 18.0. The molecule has 0 radical (unpaired) electrons. The number of hydrogen-bond acceptors (Lipinski definition) is 4. The third-order valence-electron chi connectivity index (χ3n) is 6.58. The summed E-state index contributed by atoms with van der Waals surface area (Å²) in [5, 5.41) is 0. The van der Waals surface area contributed by atoms with Gasteiger partial charge in [0.05, 0.1) is 37.6 Å². The van der Waals surface area contributed by atoms with E-state index in [9.17, 15) is 0 Å². The van der Waals surface area contributed by atoms with Crippen LogP contribution in [0.1, 0.15) is 57.4 Å². The molecule has 26 heavy (non-hydrogen) atoms. The zero-order valence-electron chi connectivity index (χ0n) is 16.1. The van der Waals surface area contributed by atoms with E-state index in [4.69, 9.17) is 18.9 Å². The molecule has 0 amide bonds. The fraction of sp³-hybridized carbons (Fsp3) is 0.727. The van der Waals surface area contributed by atoms with E-state index in [1.54, 1.807) is 7.11 Å². The van der Waals surface area contributed by atoms with Gasteiger partial charge >= 0.3 is 0 Å². The van der Waals surface area contributed by atoms with Gasteiger partial charge in [0.1, 0.15) is 5.75 Å². The number of benzene rings is 1. The minimum Gasteiger partial charge on any atom is -0.497 e. The van der Waals surface area contributed by atoms with Crippen LogP contribution in [0.25, 0.3) is 0 Å². The van der Waals surface area contributed by atoms with Crippen LogP contribution in [0.15, 0.2) is 24.3 Å². The summed E-state index contributed by atoms with van der Waals surface area (Å²) >= 11 is 0. The van der Waals surface area contributed by atoms with E-state index >= 15 is 0 Å². The van der Waals surface area contributed by atoms with Crippen LogP contribution in [0.4, 0.5) is 0 Å². The van der Waals surface area contributed by atoms with Crippen LogP contribution in [-0.2, 0) is 20.8 Å². The minimum absolute atomic E-state index is 0.171. The first-order valence-corrected chi connectivity index (χ1v) is 10.2. The molecule has 4 heteroatoms. The molecule has 1 aromatic rings. The van der Waals surface area contributed by atoms with Crippen molar-refractivity contribution in [3.63, 3.8) is 0 Å². The molecule has 2 bridgehead atoms. The third kappa shape index (κ3) is 3.78. The molecule has 0 unspecified atom stereocenters. The van der Waals surface area contributed by atoms with Crippen LogP contribution in [-0.4, -0.2) is 37.6 Å². The Labute approximate surface area is 157 Å². The van der Waals surface area contributed by atoms with Gasteiger partial charge in [-0.25, -0.2) is 0 Å². The summed E-state index contributed by atoms with van der Waals surface area (Å²) in [6.07, 6.45) is 9.39. The molecule has 3 fully saturated rings. The number of rotatable bonds is 8. The first kappa shape index (κ1) is 18.3. The number of methoxy groups -OCH3 is 1. The lowest BCUT2D eigenvalue weighted by Crippen LogP contribution is -2.47. The molecule has 0 aliphatic carbocycles. The predicted octanol–water partition coefficient (Wildman–Crippen LogP) is 4.50. The first-order valence-electron chi connectivity index (χ1n) is 10.2. The average molecular weight is 360 g/mol. The minimum atomic E-state index is 0.171. The summed E-state index contributed by atoms with van der Waals surface area (Å²) in [5.74, 6) is 1.52. The Morgan fingerprint density at radius 3 is 2.85 bits per heavy atom. The lowest BCUT2D eigenvalue weighted by Gasteiger charge is -2.42. The van der Waals surface area contributed by atoms with Crippen molar-refractivity contribution in [2.45, 2.75) is 82.4 Å². The standard InChI is InChI=1S/C22H32O4/c1-16(25-15-17-6-8-18(23-2)9-7-17)4-3-5-21-20-14-19-10-11-22(20,26-19)12-13-24-21/h6-9,16,19-21H,3-5,10-15H2,1-2H3/t16-,19+,20-,21-,22+/m1/s1. The van der Waals surface area contributed by atoms with Gasteiger partial charge in [-0.05, 0) is 63.1 Å². The molecule has 1 spiro atoms. The van der Waals surface area contributed by atoms with Crippen molar-refractivity contribution in [1.82, 2.24) is 0 Å². The third-order valence-corrected chi connectivity index (χ3v) is 6.58. The van der Waals surface area contributed by atoms with Crippen LogP contribution in [0.2, 0.25) is 0 Å². The molecular weight excluding hydrogens is 328 g/mol. The van der Waals surface area contributed by atoms with Crippen molar-refractivity contribution < 1.29 is 18.9 Å². The van der Waals surface area contributed by atoms with Crippen molar-refractivity contribution in [1.29, 1.82) is 0 Å². The van der Waals surface area contributed by atoms with Gasteiger partial charge < -0.3 is 18.9 Å². The Hall–Kier alpha value is -1.10. The van der Waals surface area contributed by atoms with Crippen LogP contribution < -0.4 is 4.74 Å². The van der Waals surface area contributed by atoms with Gasteiger partial charge in [-0.3, -0.25) is 0 Å². The molecule has 1 aromatic carbocycles. The second-order valence-electron chi connectivity index (χ2n) is 8.25. The fourth-order valence-electron chi connectivity index (χ4n) is 5.09. The van der Waals surface area contributed by atoms with Crippen LogP contribution in [0, 0.1) is 5.92 Å². The van der Waals surface area contributed by atoms with Crippen molar-refractivity contribution in [2.24, 2.45) is 5.92 Å². The Morgan fingerprint density at radius 1 is 1.23 bits per heavy atom. The van der Waals surface area contributed by atoms with Gasteiger partial charge in [0.2, 0.25) is 0 Å². The molecule has 0 N–H and O–H groups in total. The van der Waals surface area contributed by atoms with Gasteiger partial charge in [0.25, 0.3) is 0 Å². The average Bonchev–Trinajstić information content (AvgIpc) is 3.24. The van der Waals surface area contributed by atoms with E-state index < -0.39 is 0 Å². The molecular formula is C22H32O4. The van der Waals surface area contributed by atoms with E-state index in [-0.39, 0.29) is 11.7 Å². The Bertz CT molecular complexity index is 586. The molecule has 5 atom stereocenters. The summed E-state index contributed by atoms with van der Waals surface area (Å²) in [5.41, 5.74) is 1.36. The zero-order valence-corrected chi connectivity index (χ0v) is 16.1. The van der Waals surface area contributed by atoms with E-state index in [2.05, 4.69) is 19.1 Å². The Balaban J connectivity index is 1.18. The maximum Gasteiger partial charge on any atom is 0.118 e. The van der Waals surface area contributed by atoms with E-state index in [1.807, 2.05) is 12.1 Å². The van der Waals surface area contributed by atoms with Crippen molar-refractivity contribution in [3.05, 3.63) is 29.8 Å². The topological polar surface area (TPSA) is 36.9 Å². The van der Waals surface area contributed by atoms with Crippen molar-refractivity contribution in [3.8, 4) is 5.75 Å². The molecule has 144 valence electrons. The quantitative estimate of drug-likeness (QED) is 0.684. The normalized spacial score (nSPS) is 33.8.